The van der Waals surface area contributed by atoms with Crippen LogP contribution in [0.1, 0.15) is 60.8 Å². The zero-order valence-corrected chi connectivity index (χ0v) is 36.3. The third-order valence-electron chi connectivity index (χ3n) is 10.7. The Balaban J connectivity index is 1.72. The predicted octanol–water partition coefficient (Wildman–Crippen LogP) is -4.89. The molecular formula is C39H72N2O21. The van der Waals surface area contributed by atoms with Crippen molar-refractivity contribution in [3.8, 4) is 0 Å². The molecule has 3 saturated heterocycles. The van der Waals surface area contributed by atoms with Gasteiger partial charge in [-0.05, 0) is 32.1 Å². The number of rotatable bonds is 26. The van der Waals surface area contributed by atoms with E-state index in [0.717, 1.165) is 19.8 Å². The van der Waals surface area contributed by atoms with Crippen molar-refractivity contribution in [3.05, 3.63) is 0 Å². The van der Waals surface area contributed by atoms with E-state index in [9.17, 15) is 60.7 Å². The number of aliphatic hydroxyl groups excluding tert-OH is 10. The van der Waals surface area contributed by atoms with Crippen LogP contribution in [0.2, 0.25) is 0 Å². The van der Waals surface area contributed by atoms with Gasteiger partial charge in [-0.3, -0.25) is 9.59 Å². The summed E-state index contributed by atoms with van der Waals surface area (Å²) in [5.74, 6) is -1.56. The van der Waals surface area contributed by atoms with E-state index in [4.69, 9.17) is 42.6 Å². The first-order valence-electron chi connectivity index (χ1n) is 21.2. The monoisotopic (exact) mass is 904 g/mol. The standard InChI is InChI=1S/C39H72N2O21/c1-7-10-54-11-8-12-55-14-15-56-13-9-22(45)28(47)32(51)37(53)61-35-23(16-42)60-38(26(30(35)49)41-21(6)44)62-36-24(17-57-39-33(52)31(50)27(46)19(4)58-39)59-34(18(2)3)25(29(36)48)40-20(5)43/h18-19,22-39,42,45-53H,7-17H2,1-6H3,(H,40,43)(H,41,44)/t19-,22+,23?,24?,25?,26?,27+,28-,29+,30+,31?,32?,33?,34-,35+,36+,37-,38-,39+/m0/s1. The summed E-state index contributed by atoms with van der Waals surface area (Å²) in [5, 5.41) is 113. The average Bonchev–Trinajstić information content (AvgIpc) is 3.22. The largest absolute Gasteiger partial charge is 0.394 e. The van der Waals surface area contributed by atoms with E-state index in [2.05, 4.69) is 10.6 Å². The summed E-state index contributed by atoms with van der Waals surface area (Å²) < 4.78 is 51.6. The van der Waals surface area contributed by atoms with Crippen molar-refractivity contribution >= 4 is 11.8 Å². The number of amides is 2. The fourth-order valence-corrected chi connectivity index (χ4v) is 7.34. The van der Waals surface area contributed by atoms with Gasteiger partial charge in [-0.2, -0.15) is 0 Å². The Morgan fingerprint density at radius 1 is 0.677 bits per heavy atom. The summed E-state index contributed by atoms with van der Waals surface area (Å²) in [6, 6.07) is -2.67. The lowest BCUT2D eigenvalue weighted by Crippen LogP contribution is -2.70. The van der Waals surface area contributed by atoms with Crippen molar-refractivity contribution in [2.24, 2.45) is 5.92 Å². The molecule has 0 saturated carbocycles. The van der Waals surface area contributed by atoms with Crippen molar-refractivity contribution < 1.29 is 103 Å². The Morgan fingerprint density at radius 3 is 1.87 bits per heavy atom. The zero-order chi connectivity index (χ0) is 46.3. The fourth-order valence-electron chi connectivity index (χ4n) is 7.34. The molecule has 62 heavy (non-hydrogen) atoms. The molecule has 3 heterocycles. The van der Waals surface area contributed by atoms with Gasteiger partial charge in [-0.1, -0.05) is 20.8 Å². The highest BCUT2D eigenvalue weighted by molar-refractivity contribution is 5.73. The lowest BCUT2D eigenvalue weighted by molar-refractivity contribution is -0.342. The lowest BCUT2D eigenvalue weighted by Gasteiger charge is -2.50. The van der Waals surface area contributed by atoms with Gasteiger partial charge in [0.1, 0.15) is 73.2 Å². The Hall–Kier alpha value is -1.82. The number of carbonyl (C=O) groups is 2. The number of hydrogen-bond acceptors (Lipinski definition) is 21. The molecule has 3 rings (SSSR count). The third kappa shape index (κ3) is 15.7. The highest BCUT2D eigenvalue weighted by atomic mass is 16.7. The van der Waals surface area contributed by atoms with Gasteiger partial charge in [0, 0.05) is 40.3 Å². The molecule has 19 atom stereocenters. The minimum Gasteiger partial charge on any atom is -0.394 e. The molecule has 364 valence electrons. The van der Waals surface area contributed by atoms with Crippen LogP contribution in [0.5, 0.6) is 0 Å². The molecule has 0 aromatic heterocycles. The van der Waals surface area contributed by atoms with Gasteiger partial charge in [-0.15, -0.1) is 0 Å². The van der Waals surface area contributed by atoms with Crippen LogP contribution in [0.25, 0.3) is 0 Å². The van der Waals surface area contributed by atoms with E-state index in [1.807, 2.05) is 6.92 Å². The van der Waals surface area contributed by atoms with Crippen LogP contribution < -0.4 is 10.6 Å². The molecule has 3 fully saturated rings. The highest BCUT2D eigenvalue weighted by Crippen LogP contribution is 2.34. The smallest absolute Gasteiger partial charge is 0.217 e. The number of ether oxygens (including phenoxy) is 9. The molecule has 0 aromatic carbocycles. The molecule has 12 N–H and O–H groups in total. The van der Waals surface area contributed by atoms with Crippen molar-refractivity contribution in [2.45, 2.75) is 177 Å². The van der Waals surface area contributed by atoms with Gasteiger partial charge in [0.05, 0.1) is 50.8 Å². The summed E-state index contributed by atoms with van der Waals surface area (Å²) in [4.78, 5) is 24.7. The van der Waals surface area contributed by atoms with Gasteiger partial charge in [-0.25, -0.2) is 0 Å². The molecule has 23 nitrogen and oxygen atoms in total. The van der Waals surface area contributed by atoms with Crippen molar-refractivity contribution in [2.75, 3.05) is 52.9 Å². The first-order valence-corrected chi connectivity index (χ1v) is 21.2. The minimum atomic E-state index is -2.29. The molecule has 3 aliphatic heterocycles. The molecule has 0 spiro atoms. The van der Waals surface area contributed by atoms with Gasteiger partial charge in [0.2, 0.25) is 11.8 Å². The number of nitrogens with one attached hydrogen (secondary N) is 2. The molecule has 0 aromatic rings. The van der Waals surface area contributed by atoms with Crippen LogP contribution >= 0.6 is 0 Å². The van der Waals surface area contributed by atoms with E-state index in [0.29, 0.717) is 19.8 Å². The second kappa shape index (κ2) is 27.0. The highest BCUT2D eigenvalue weighted by Gasteiger charge is 2.54. The summed E-state index contributed by atoms with van der Waals surface area (Å²) in [7, 11) is 0. The van der Waals surface area contributed by atoms with Gasteiger partial charge in [0.15, 0.2) is 18.9 Å². The SMILES string of the molecule is CCCOCCCOCCOCC[C@@H](O)[C@H](O)C(O)[C@@H](O)O[C@@H]1C(CO)O[C@@H](O[C@@H]2C(CO[C@@H]3O[C@@H](C)[C@@H](O)C(O)C3O)O[C@@H](C(C)C)C(NC(C)=O)[C@H]2O)C(NC(C)=O)[C@H]1O. The van der Waals surface area contributed by atoms with Crippen LogP contribution in [-0.4, -0.2) is 232 Å². The van der Waals surface area contributed by atoms with E-state index in [1.165, 1.54) is 13.8 Å². The zero-order valence-electron chi connectivity index (χ0n) is 36.3. The molecule has 23 heteroatoms. The Bertz CT molecular complexity index is 1290. The third-order valence-corrected chi connectivity index (χ3v) is 10.7. The minimum absolute atomic E-state index is 0.0351. The maximum absolute atomic E-state index is 12.5. The first kappa shape index (κ1) is 54.5. The molecular weight excluding hydrogens is 832 g/mol. The topological polar surface area (TPSA) is 344 Å². The summed E-state index contributed by atoms with van der Waals surface area (Å²) in [5.41, 5.74) is 0. The van der Waals surface area contributed by atoms with Crippen molar-refractivity contribution in [3.63, 3.8) is 0 Å². The second-order valence-corrected chi connectivity index (χ2v) is 16.2. The van der Waals surface area contributed by atoms with E-state index < -0.39 is 141 Å². The van der Waals surface area contributed by atoms with Crippen LogP contribution in [0, 0.1) is 5.92 Å². The molecule has 2 amide bonds. The first-order chi connectivity index (χ1) is 29.3. The van der Waals surface area contributed by atoms with Gasteiger partial charge >= 0.3 is 0 Å². The number of carbonyl (C=O) groups excluding carboxylic acids is 2. The number of aliphatic hydroxyl groups is 10. The quantitative estimate of drug-likeness (QED) is 0.0286. The Morgan fingerprint density at radius 2 is 1.27 bits per heavy atom. The number of hydrogen-bond donors (Lipinski definition) is 12. The maximum Gasteiger partial charge on any atom is 0.217 e. The molecule has 7 unspecified atom stereocenters. The van der Waals surface area contributed by atoms with Crippen molar-refractivity contribution in [1.29, 1.82) is 0 Å². The molecule has 3 aliphatic rings. The predicted molar refractivity (Wildman–Crippen MR) is 211 cm³/mol. The molecule has 0 bridgehead atoms. The molecule has 0 radical (unpaired) electrons. The maximum atomic E-state index is 12.5. The normalized spacial score (nSPS) is 36.2. The van der Waals surface area contributed by atoms with Gasteiger partial charge in [0.25, 0.3) is 0 Å². The fraction of sp³-hybridized carbons (Fsp3) is 0.949. The lowest BCUT2D eigenvalue weighted by atomic mass is 9.87. The van der Waals surface area contributed by atoms with Crippen LogP contribution in [0.15, 0.2) is 0 Å². The van der Waals surface area contributed by atoms with E-state index in [-0.39, 0.29) is 32.2 Å². The van der Waals surface area contributed by atoms with Crippen LogP contribution in [0.3, 0.4) is 0 Å². The van der Waals surface area contributed by atoms with Crippen LogP contribution in [0.4, 0.5) is 0 Å². The Kier molecular flexibility index (Phi) is 23.7. The summed E-state index contributed by atoms with van der Waals surface area (Å²) in [6.07, 6.45) is -25.8. The molecule has 0 aliphatic carbocycles. The average molecular weight is 905 g/mol. The van der Waals surface area contributed by atoms with Crippen LogP contribution in [-0.2, 0) is 52.2 Å². The van der Waals surface area contributed by atoms with Gasteiger partial charge < -0.3 is 104 Å². The van der Waals surface area contributed by atoms with Crippen molar-refractivity contribution in [1.82, 2.24) is 10.6 Å². The Labute approximate surface area is 361 Å². The summed E-state index contributed by atoms with van der Waals surface area (Å²) in [6.45, 7) is 10.1. The van der Waals surface area contributed by atoms with E-state index in [1.54, 1.807) is 13.8 Å². The second-order valence-electron chi connectivity index (χ2n) is 16.2. The van der Waals surface area contributed by atoms with E-state index >= 15 is 0 Å². The summed E-state index contributed by atoms with van der Waals surface area (Å²) >= 11 is 0.